The lowest BCUT2D eigenvalue weighted by Crippen LogP contribution is -2.31. The van der Waals surface area contributed by atoms with Crippen molar-refractivity contribution in [2.45, 2.75) is 19.9 Å². The number of likely N-dealkylation sites (N-methyl/N-ethyl adjacent to an activating group) is 1. The molecule has 0 aliphatic carbocycles. The van der Waals surface area contributed by atoms with Gasteiger partial charge in [0.05, 0.1) is 5.69 Å². The minimum atomic E-state index is -0.709. The third-order valence-electron chi connectivity index (χ3n) is 2.12. The van der Waals surface area contributed by atoms with Crippen molar-refractivity contribution in [2.75, 3.05) is 12.3 Å². The summed E-state index contributed by atoms with van der Waals surface area (Å²) in [5.41, 5.74) is 10.8. The third kappa shape index (κ3) is 2.30. The highest BCUT2D eigenvalue weighted by atomic mass is 16.2. The Morgan fingerprint density at radius 1 is 1.62 bits per heavy atom. The van der Waals surface area contributed by atoms with Crippen LogP contribution in [0.4, 0.5) is 5.69 Å². The van der Waals surface area contributed by atoms with Gasteiger partial charge in [0.2, 0.25) is 5.91 Å². The van der Waals surface area contributed by atoms with Gasteiger partial charge in [-0.15, -0.1) is 0 Å². The molecule has 7 nitrogen and oxygen atoms in total. The molecule has 1 aromatic rings. The molecule has 88 valence electrons. The maximum Gasteiger partial charge on any atom is 0.271 e. The van der Waals surface area contributed by atoms with E-state index in [2.05, 4.69) is 10.4 Å². The lowest BCUT2D eigenvalue weighted by atomic mass is 10.3. The quantitative estimate of drug-likeness (QED) is 0.625. The summed E-state index contributed by atoms with van der Waals surface area (Å²) >= 11 is 0. The molecule has 1 atom stereocenters. The number of primary amides is 1. The molecule has 0 saturated carbocycles. The minimum Gasteiger partial charge on any atom is -0.396 e. The number of aromatic nitrogens is 2. The van der Waals surface area contributed by atoms with E-state index in [-0.39, 0.29) is 17.3 Å². The maximum atomic E-state index is 11.5. The Balaban J connectivity index is 2.92. The summed E-state index contributed by atoms with van der Waals surface area (Å²) in [6, 6.07) is -0.532. The van der Waals surface area contributed by atoms with Crippen LogP contribution in [0.25, 0.3) is 0 Å². The lowest BCUT2D eigenvalue weighted by Gasteiger charge is -2.10. The topological polar surface area (TPSA) is 116 Å². The highest BCUT2D eigenvalue weighted by molar-refractivity contribution is 5.95. The first-order chi connectivity index (χ1) is 7.47. The SMILES string of the molecule is CCNC(=O)C(C)n1cc(N)c(C(N)=O)n1. The van der Waals surface area contributed by atoms with Gasteiger partial charge in [0.1, 0.15) is 6.04 Å². The third-order valence-corrected chi connectivity index (χ3v) is 2.12. The number of rotatable bonds is 4. The van der Waals surface area contributed by atoms with Gasteiger partial charge in [-0.25, -0.2) is 0 Å². The van der Waals surface area contributed by atoms with Crippen LogP contribution in [-0.2, 0) is 4.79 Å². The van der Waals surface area contributed by atoms with Crippen molar-refractivity contribution in [2.24, 2.45) is 5.73 Å². The van der Waals surface area contributed by atoms with Gasteiger partial charge in [-0.3, -0.25) is 14.3 Å². The van der Waals surface area contributed by atoms with Crippen LogP contribution in [0.2, 0.25) is 0 Å². The molecule has 0 aromatic carbocycles. The molecule has 0 aliphatic rings. The number of carbonyl (C=O) groups is 2. The van der Waals surface area contributed by atoms with Crippen LogP contribution in [-0.4, -0.2) is 28.1 Å². The fourth-order valence-corrected chi connectivity index (χ4v) is 1.24. The van der Waals surface area contributed by atoms with Gasteiger partial charge in [0.15, 0.2) is 5.69 Å². The van der Waals surface area contributed by atoms with Gasteiger partial charge in [-0.05, 0) is 13.8 Å². The normalized spacial score (nSPS) is 12.1. The number of hydrogen-bond acceptors (Lipinski definition) is 4. The summed E-state index contributed by atoms with van der Waals surface area (Å²) in [6.07, 6.45) is 1.42. The highest BCUT2D eigenvalue weighted by Gasteiger charge is 2.18. The average Bonchev–Trinajstić information content (AvgIpc) is 2.59. The fourth-order valence-electron chi connectivity index (χ4n) is 1.24. The highest BCUT2D eigenvalue weighted by Crippen LogP contribution is 2.13. The Morgan fingerprint density at radius 2 is 2.25 bits per heavy atom. The van der Waals surface area contributed by atoms with Crippen molar-refractivity contribution in [3.63, 3.8) is 0 Å². The van der Waals surface area contributed by atoms with Crippen molar-refractivity contribution < 1.29 is 9.59 Å². The van der Waals surface area contributed by atoms with Gasteiger partial charge in [-0.1, -0.05) is 0 Å². The summed E-state index contributed by atoms with van der Waals surface area (Å²) in [7, 11) is 0. The monoisotopic (exact) mass is 225 g/mol. The van der Waals surface area contributed by atoms with E-state index in [1.54, 1.807) is 6.92 Å². The first-order valence-corrected chi connectivity index (χ1v) is 4.89. The molecule has 7 heteroatoms. The summed E-state index contributed by atoms with van der Waals surface area (Å²) in [4.78, 5) is 22.4. The first kappa shape index (κ1) is 12.0. The lowest BCUT2D eigenvalue weighted by molar-refractivity contribution is -0.124. The number of nitrogen functional groups attached to an aromatic ring is 1. The fraction of sp³-hybridized carbons (Fsp3) is 0.444. The van der Waals surface area contributed by atoms with E-state index in [0.29, 0.717) is 6.54 Å². The van der Waals surface area contributed by atoms with E-state index in [1.165, 1.54) is 10.9 Å². The molecule has 0 saturated heterocycles. The van der Waals surface area contributed by atoms with Crippen molar-refractivity contribution in [3.05, 3.63) is 11.9 Å². The Labute approximate surface area is 92.8 Å². The standard InChI is InChI=1S/C9H15N5O2/c1-3-12-9(16)5(2)14-4-6(10)7(13-14)8(11)15/h4-5H,3,10H2,1-2H3,(H2,11,15)(H,12,16). The van der Waals surface area contributed by atoms with Crippen LogP contribution in [0.1, 0.15) is 30.4 Å². The van der Waals surface area contributed by atoms with Crippen molar-refractivity contribution >= 4 is 17.5 Å². The van der Waals surface area contributed by atoms with Crippen molar-refractivity contribution in [1.29, 1.82) is 0 Å². The molecule has 1 aromatic heterocycles. The second-order valence-corrected chi connectivity index (χ2v) is 3.35. The molecule has 5 N–H and O–H groups in total. The summed E-state index contributed by atoms with van der Waals surface area (Å²) in [5.74, 6) is -0.902. The van der Waals surface area contributed by atoms with Gasteiger partial charge >= 0.3 is 0 Å². The maximum absolute atomic E-state index is 11.5. The molecule has 16 heavy (non-hydrogen) atoms. The van der Waals surface area contributed by atoms with Crippen LogP contribution in [0.5, 0.6) is 0 Å². The van der Waals surface area contributed by atoms with E-state index in [9.17, 15) is 9.59 Å². The van der Waals surface area contributed by atoms with Crippen LogP contribution in [0, 0.1) is 0 Å². The predicted octanol–water partition coefficient (Wildman–Crippen LogP) is -0.739. The van der Waals surface area contributed by atoms with E-state index in [0.717, 1.165) is 0 Å². The summed E-state index contributed by atoms with van der Waals surface area (Å²) in [6.45, 7) is 4.00. The number of carbonyl (C=O) groups excluding carboxylic acids is 2. The Kier molecular flexibility index (Phi) is 3.49. The zero-order chi connectivity index (χ0) is 12.3. The van der Waals surface area contributed by atoms with Crippen molar-refractivity contribution in [1.82, 2.24) is 15.1 Å². The number of hydrogen-bond donors (Lipinski definition) is 3. The van der Waals surface area contributed by atoms with E-state index >= 15 is 0 Å². The number of nitrogens with one attached hydrogen (secondary N) is 1. The molecule has 0 bridgehead atoms. The number of nitrogens with zero attached hydrogens (tertiary/aromatic N) is 2. The Bertz CT molecular complexity index is 412. The van der Waals surface area contributed by atoms with Gasteiger partial charge in [-0.2, -0.15) is 5.10 Å². The van der Waals surface area contributed by atoms with Crippen LogP contribution < -0.4 is 16.8 Å². The van der Waals surface area contributed by atoms with Gasteiger partial charge in [0, 0.05) is 12.7 Å². The van der Waals surface area contributed by atoms with E-state index in [1.807, 2.05) is 6.92 Å². The molecule has 0 spiro atoms. The zero-order valence-electron chi connectivity index (χ0n) is 9.23. The summed E-state index contributed by atoms with van der Waals surface area (Å²) in [5, 5.41) is 6.51. The molecule has 1 unspecified atom stereocenters. The van der Waals surface area contributed by atoms with Gasteiger partial charge < -0.3 is 16.8 Å². The molecule has 0 fully saturated rings. The van der Waals surface area contributed by atoms with Gasteiger partial charge in [0.25, 0.3) is 5.91 Å². The Morgan fingerprint density at radius 3 is 2.69 bits per heavy atom. The second-order valence-electron chi connectivity index (χ2n) is 3.35. The largest absolute Gasteiger partial charge is 0.396 e. The number of nitrogens with two attached hydrogens (primary N) is 2. The van der Waals surface area contributed by atoms with Crippen LogP contribution in [0.3, 0.4) is 0 Å². The summed E-state index contributed by atoms with van der Waals surface area (Å²) < 4.78 is 1.32. The zero-order valence-corrected chi connectivity index (χ0v) is 9.23. The molecule has 1 heterocycles. The first-order valence-electron chi connectivity index (χ1n) is 4.89. The molecular formula is C9H15N5O2. The van der Waals surface area contributed by atoms with Crippen LogP contribution in [0.15, 0.2) is 6.20 Å². The predicted molar refractivity (Wildman–Crippen MR) is 58.6 cm³/mol. The van der Waals surface area contributed by atoms with Crippen molar-refractivity contribution in [3.8, 4) is 0 Å². The second kappa shape index (κ2) is 4.65. The van der Waals surface area contributed by atoms with E-state index < -0.39 is 11.9 Å². The smallest absolute Gasteiger partial charge is 0.271 e. The molecule has 0 radical (unpaired) electrons. The molecule has 1 rings (SSSR count). The van der Waals surface area contributed by atoms with E-state index in [4.69, 9.17) is 11.5 Å². The average molecular weight is 225 g/mol. The molecule has 2 amide bonds. The number of anilines is 1. The number of amides is 2. The molecular weight excluding hydrogens is 210 g/mol. The Hall–Kier alpha value is -2.05. The van der Waals surface area contributed by atoms with Crippen LogP contribution >= 0.6 is 0 Å². The minimum absolute atomic E-state index is 0.0175. The molecule has 0 aliphatic heterocycles.